The molecular weight excluding hydrogens is 335 g/mol. The van der Waals surface area contributed by atoms with Crippen molar-refractivity contribution in [2.45, 2.75) is 43.8 Å². The smallest absolute Gasteiger partial charge is 0.323 e. The lowest BCUT2D eigenvalue weighted by molar-refractivity contribution is -0.132. The van der Waals surface area contributed by atoms with Gasteiger partial charge in [-0.15, -0.1) is 0 Å². The zero-order chi connectivity index (χ0) is 18.1. The minimum atomic E-state index is -0.706. The number of rotatable bonds is 4. The zero-order valence-corrected chi connectivity index (χ0v) is 14.8. The third-order valence-corrected chi connectivity index (χ3v) is 5.89. The van der Waals surface area contributed by atoms with Crippen molar-refractivity contribution in [3.05, 3.63) is 35.6 Å². The van der Waals surface area contributed by atoms with Crippen LogP contribution in [0.4, 0.5) is 9.18 Å². The molecule has 3 fully saturated rings. The Balaban J connectivity index is 1.43. The van der Waals surface area contributed by atoms with Gasteiger partial charge < -0.3 is 10.6 Å². The molecule has 3 saturated heterocycles. The molecule has 4 rings (SSSR count). The normalized spacial score (nSPS) is 25.9. The number of carbonyl (C=O) groups excluding carboxylic acids is 2. The predicted octanol–water partition coefficient (Wildman–Crippen LogP) is 1.46. The summed E-state index contributed by atoms with van der Waals surface area (Å²) in [6, 6.07) is 6.43. The third-order valence-electron chi connectivity index (χ3n) is 5.89. The van der Waals surface area contributed by atoms with E-state index in [1.807, 2.05) is 0 Å². The van der Waals surface area contributed by atoms with Crippen molar-refractivity contribution < 1.29 is 14.0 Å². The highest BCUT2D eigenvalue weighted by atomic mass is 19.1. The average Bonchev–Trinajstić information content (AvgIpc) is 3.16. The van der Waals surface area contributed by atoms with E-state index in [4.69, 9.17) is 0 Å². The van der Waals surface area contributed by atoms with Gasteiger partial charge in [-0.3, -0.25) is 14.6 Å². The van der Waals surface area contributed by atoms with Crippen molar-refractivity contribution in [3.63, 3.8) is 0 Å². The van der Waals surface area contributed by atoms with Crippen molar-refractivity contribution in [2.75, 3.05) is 26.2 Å². The largest absolute Gasteiger partial charge is 0.325 e. The van der Waals surface area contributed by atoms with Gasteiger partial charge in [-0.2, -0.15) is 0 Å². The maximum Gasteiger partial charge on any atom is 0.325 e. The lowest BCUT2D eigenvalue weighted by Gasteiger charge is -2.32. The van der Waals surface area contributed by atoms with Gasteiger partial charge in [0.15, 0.2) is 0 Å². The number of imide groups is 1. The van der Waals surface area contributed by atoms with Gasteiger partial charge in [0.2, 0.25) is 0 Å². The minimum absolute atomic E-state index is 0.0716. The molecule has 0 saturated carbocycles. The van der Waals surface area contributed by atoms with E-state index in [2.05, 4.69) is 15.5 Å². The Morgan fingerprint density at radius 2 is 1.88 bits per heavy atom. The van der Waals surface area contributed by atoms with Gasteiger partial charge in [0, 0.05) is 19.1 Å². The highest BCUT2D eigenvalue weighted by Gasteiger charge is 2.52. The molecular formula is C19H25FN4O2. The first kappa shape index (κ1) is 17.4. The van der Waals surface area contributed by atoms with Crippen LogP contribution in [-0.4, -0.2) is 59.5 Å². The number of benzene rings is 1. The second-order valence-corrected chi connectivity index (χ2v) is 7.57. The Morgan fingerprint density at radius 1 is 1.15 bits per heavy atom. The molecule has 3 aliphatic rings. The van der Waals surface area contributed by atoms with Crippen molar-refractivity contribution >= 4 is 11.9 Å². The summed E-state index contributed by atoms with van der Waals surface area (Å²) in [5.41, 5.74) is 0.341. The summed E-state index contributed by atoms with van der Waals surface area (Å²) in [5.74, 6) is -0.309. The molecule has 0 radical (unpaired) electrons. The summed E-state index contributed by atoms with van der Waals surface area (Å²) in [6.45, 7) is 3.57. The summed E-state index contributed by atoms with van der Waals surface area (Å²) in [6.07, 6.45) is 3.31. The second kappa shape index (κ2) is 6.96. The number of likely N-dealkylation sites (tertiary alicyclic amines) is 1. The standard InChI is InChI=1S/C19H25FN4O2/c20-15-5-3-14(4-6-15)12-23-11-1-2-16(23)13-24-17(25)19(22-18(24)26)7-9-21-10-8-19/h3-6,16,21H,1-2,7-13H2,(H,22,26). The maximum absolute atomic E-state index is 13.1. The lowest BCUT2D eigenvalue weighted by Crippen LogP contribution is -2.54. The Hall–Kier alpha value is -1.99. The van der Waals surface area contributed by atoms with Gasteiger partial charge in [-0.05, 0) is 63.0 Å². The molecule has 3 heterocycles. The fourth-order valence-electron chi connectivity index (χ4n) is 4.38. The monoisotopic (exact) mass is 360 g/mol. The molecule has 6 nitrogen and oxygen atoms in total. The van der Waals surface area contributed by atoms with Gasteiger partial charge in [0.25, 0.3) is 5.91 Å². The Labute approximate surface area is 152 Å². The summed E-state index contributed by atoms with van der Waals surface area (Å²) in [4.78, 5) is 29.1. The Kier molecular flexibility index (Phi) is 4.67. The topological polar surface area (TPSA) is 64.7 Å². The number of halogens is 1. The quantitative estimate of drug-likeness (QED) is 0.798. The number of piperidine rings is 1. The van der Waals surface area contributed by atoms with Crippen LogP contribution in [-0.2, 0) is 11.3 Å². The first-order valence-corrected chi connectivity index (χ1v) is 9.41. The molecule has 140 valence electrons. The van der Waals surface area contributed by atoms with Crippen molar-refractivity contribution in [2.24, 2.45) is 0 Å². The maximum atomic E-state index is 13.1. The van der Waals surface area contributed by atoms with Crippen molar-refractivity contribution in [1.82, 2.24) is 20.4 Å². The van der Waals surface area contributed by atoms with Crippen LogP contribution in [0, 0.1) is 5.82 Å². The van der Waals surface area contributed by atoms with Crippen LogP contribution in [0.15, 0.2) is 24.3 Å². The first-order chi connectivity index (χ1) is 12.6. The molecule has 26 heavy (non-hydrogen) atoms. The molecule has 3 amide bonds. The molecule has 7 heteroatoms. The van der Waals surface area contributed by atoms with E-state index in [1.165, 1.54) is 17.0 Å². The van der Waals surface area contributed by atoms with Crippen LogP contribution in [0.3, 0.4) is 0 Å². The Morgan fingerprint density at radius 3 is 2.62 bits per heavy atom. The fourth-order valence-corrected chi connectivity index (χ4v) is 4.38. The third kappa shape index (κ3) is 3.21. The molecule has 0 aromatic heterocycles. The molecule has 1 atom stereocenters. The number of hydrogen-bond acceptors (Lipinski definition) is 4. The summed E-state index contributed by atoms with van der Waals surface area (Å²) < 4.78 is 13.1. The number of nitrogens with zero attached hydrogens (tertiary/aromatic N) is 2. The first-order valence-electron chi connectivity index (χ1n) is 9.41. The van der Waals surface area contributed by atoms with E-state index < -0.39 is 5.54 Å². The number of urea groups is 1. The molecule has 1 spiro atoms. The fraction of sp³-hybridized carbons (Fsp3) is 0.579. The molecule has 1 unspecified atom stereocenters. The van der Waals surface area contributed by atoms with Crippen LogP contribution in [0.2, 0.25) is 0 Å². The van der Waals surface area contributed by atoms with E-state index in [0.29, 0.717) is 25.9 Å². The van der Waals surface area contributed by atoms with Gasteiger partial charge >= 0.3 is 6.03 Å². The molecule has 3 aliphatic heterocycles. The number of carbonyl (C=O) groups is 2. The van der Waals surface area contributed by atoms with E-state index in [9.17, 15) is 14.0 Å². The average molecular weight is 360 g/mol. The zero-order valence-electron chi connectivity index (χ0n) is 14.8. The highest BCUT2D eigenvalue weighted by molar-refractivity contribution is 6.07. The predicted molar refractivity (Wildman–Crippen MR) is 94.9 cm³/mol. The number of hydrogen-bond donors (Lipinski definition) is 2. The summed E-state index contributed by atoms with van der Waals surface area (Å²) in [7, 11) is 0. The highest BCUT2D eigenvalue weighted by Crippen LogP contribution is 2.29. The molecule has 1 aromatic rings. The van der Waals surface area contributed by atoms with E-state index >= 15 is 0 Å². The molecule has 0 bridgehead atoms. The number of nitrogens with one attached hydrogen (secondary N) is 2. The van der Waals surface area contributed by atoms with E-state index in [0.717, 1.165) is 38.0 Å². The van der Waals surface area contributed by atoms with Crippen LogP contribution < -0.4 is 10.6 Å². The van der Waals surface area contributed by atoms with Gasteiger partial charge in [-0.25, -0.2) is 9.18 Å². The van der Waals surface area contributed by atoms with Crippen LogP contribution in [0.25, 0.3) is 0 Å². The lowest BCUT2D eigenvalue weighted by atomic mass is 9.88. The van der Waals surface area contributed by atoms with Crippen LogP contribution >= 0.6 is 0 Å². The Bertz CT molecular complexity index is 687. The molecule has 2 N–H and O–H groups in total. The van der Waals surface area contributed by atoms with E-state index in [-0.39, 0.29) is 23.8 Å². The van der Waals surface area contributed by atoms with E-state index in [1.54, 1.807) is 12.1 Å². The summed E-state index contributed by atoms with van der Waals surface area (Å²) >= 11 is 0. The van der Waals surface area contributed by atoms with Crippen LogP contribution in [0.5, 0.6) is 0 Å². The van der Waals surface area contributed by atoms with Crippen molar-refractivity contribution in [3.8, 4) is 0 Å². The van der Waals surface area contributed by atoms with Gasteiger partial charge in [-0.1, -0.05) is 12.1 Å². The SMILES string of the molecule is O=C1NC2(CCNCC2)C(=O)N1CC1CCCN1Cc1ccc(F)cc1. The van der Waals surface area contributed by atoms with Crippen LogP contribution in [0.1, 0.15) is 31.2 Å². The molecule has 0 aliphatic carbocycles. The summed E-state index contributed by atoms with van der Waals surface area (Å²) in [5, 5.41) is 6.19. The number of amides is 3. The minimum Gasteiger partial charge on any atom is -0.323 e. The molecule has 1 aromatic carbocycles. The van der Waals surface area contributed by atoms with Gasteiger partial charge in [0.05, 0.1) is 0 Å². The second-order valence-electron chi connectivity index (χ2n) is 7.57. The van der Waals surface area contributed by atoms with Crippen molar-refractivity contribution in [1.29, 1.82) is 0 Å². The van der Waals surface area contributed by atoms with Gasteiger partial charge in [0.1, 0.15) is 11.4 Å².